The van der Waals surface area contributed by atoms with Gasteiger partial charge < -0.3 is 4.90 Å². The summed E-state index contributed by atoms with van der Waals surface area (Å²) in [6.45, 7) is 0.00664. The molecule has 1 aromatic carbocycles. The highest BCUT2D eigenvalue weighted by molar-refractivity contribution is 5.79. The monoisotopic (exact) mass is 347 g/mol. The van der Waals surface area contributed by atoms with E-state index in [0.29, 0.717) is 10.9 Å². The Kier molecular flexibility index (Phi) is 3.34. The normalized spacial score (nSPS) is 21.0. The van der Waals surface area contributed by atoms with Crippen LogP contribution in [0.2, 0.25) is 0 Å². The Morgan fingerprint density at radius 3 is 3.00 bits per heavy atom. The molecule has 0 radical (unpaired) electrons. The zero-order valence-corrected chi connectivity index (χ0v) is 14.1. The topological polar surface area (TPSA) is 81.0 Å². The number of benzene rings is 1. The fourth-order valence-corrected chi connectivity index (χ4v) is 4.25. The summed E-state index contributed by atoms with van der Waals surface area (Å²) in [5.74, 6) is -0.0498. The van der Waals surface area contributed by atoms with Crippen LogP contribution in [0.5, 0.6) is 0 Å². The number of carbonyl (C=O) groups excluding carboxylic acids is 1. The SMILES string of the molecule is O=C(Cn1cnc2ccccc2c1=O)N1C2CCC1c1cncnc1C2. The average molecular weight is 347 g/mol. The molecule has 2 bridgehead atoms. The first kappa shape index (κ1) is 15.2. The van der Waals surface area contributed by atoms with Gasteiger partial charge in [0.15, 0.2) is 0 Å². The molecule has 7 nitrogen and oxygen atoms in total. The van der Waals surface area contributed by atoms with Gasteiger partial charge in [0.05, 0.1) is 29.0 Å². The maximum atomic E-state index is 13.0. The van der Waals surface area contributed by atoms with Gasteiger partial charge >= 0.3 is 0 Å². The van der Waals surface area contributed by atoms with E-state index >= 15 is 0 Å². The number of hydrogen-bond donors (Lipinski definition) is 0. The predicted octanol–water partition coefficient (Wildman–Crippen LogP) is 1.47. The van der Waals surface area contributed by atoms with Crippen molar-refractivity contribution >= 4 is 16.8 Å². The molecule has 2 unspecified atom stereocenters. The molecule has 0 saturated carbocycles. The molecule has 5 rings (SSSR count). The van der Waals surface area contributed by atoms with Crippen molar-refractivity contribution in [1.29, 1.82) is 0 Å². The standard InChI is InChI=1S/C19H17N5O2/c25-18(9-23-11-22-15-4-2-1-3-13(15)19(23)26)24-12-5-6-17(24)14-8-20-10-21-16(14)7-12/h1-4,8,10-12,17H,5-7,9H2. The molecule has 2 aromatic heterocycles. The first-order valence-corrected chi connectivity index (χ1v) is 8.76. The lowest BCUT2D eigenvalue weighted by atomic mass is 9.99. The minimum Gasteiger partial charge on any atom is -0.331 e. The number of para-hydroxylation sites is 1. The lowest BCUT2D eigenvalue weighted by molar-refractivity contribution is -0.135. The van der Waals surface area contributed by atoms with Gasteiger partial charge in [-0.05, 0) is 25.0 Å². The van der Waals surface area contributed by atoms with Gasteiger partial charge in [0.1, 0.15) is 12.9 Å². The van der Waals surface area contributed by atoms with Crippen molar-refractivity contribution in [2.75, 3.05) is 0 Å². The summed E-state index contributed by atoms with van der Waals surface area (Å²) < 4.78 is 1.40. The van der Waals surface area contributed by atoms with E-state index in [4.69, 9.17) is 0 Å². The number of fused-ring (bicyclic) bond motifs is 5. The Bertz CT molecular complexity index is 1080. The Morgan fingerprint density at radius 2 is 2.08 bits per heavy atom. The van der Waals surface area contributed by atoms with Crippen molar-refractivity contribution in [2.45, 2.75) is 37.9 Å². The second-order valence-electron chi connectivity index (χ2n) is 6.87. The van der Waals surface area contributed by atoms with Crippen molar-refractivity contribution in [3.63, 3.8) is 0 Å². The highest BCUT2D eigenvalue weighted by Crippen LogP contribution is 2.42. The quantitative estimate of drug-likeness (QED) is 0.701. The molecule has 1 fully saturated rings. The first-order valence-electron chi connectivity index (χ1n) is 8.76. The predicted molar refractivity (Wildman–Crippen MR) is 94.3 cm³/mol. The van der Waals surface area contributed by atoms with Crippen molar-refractivity contribution in [3.05, 3.63) is 64.7 Å². The summed E-state index contributed by atoms with van der Waals surface area (Å²) in [7, 11) is 0. The molecular weight excluding hydrogens is 330 g/mol. The molecule has 0 aliphatic carbocycles. The van der Waals surface area contributed by atoms with Crippen molar-refractivity contribution < 1.29 is 4.79 Å². The van der Waals surface area contributed by atoms with E-state index < -0.39 is 0 Å². The Hall–Kier alpha value is -3.09. The third-order valence-corrected chi connectivity index (χ3v) is 5.44. The molecule has 3 aromatic rings. The molecule has 0 spiro atoms. The maximum absolute atomic E-state index is 13.0. The van der Waals surface area contributed by atoms with Crippen molar-refractivity contribution in [3.8, 4) is 0 Å². The summed E-state index contributed by atoms with van der Waals surface area (Å²) in [6.07, 6.45) is 7.48. The van der Waals surface area contributed by atoms with E-state index in [1.165, 1.54) is 10.9 Å². The van der Waals surface area contributed by atoms with Gasteiger partial charge in [0.25, 0.3) is 5.56 Å². The van der Waals surface area contributed by atoms with Crippen LogP contribution >= 0.6 is 0 Å². The van der Waals surface area contributed by atoms with Crippen LogP contribution in [0.15, 0.2) is 47.9 Å². The molecule has 0 N–H and O–H groups in total. The first-order chi connectivity index (χ1) is 12.7. The lowest BCUT2D eigenvalue weighted by Crippen LogP contribution is -2.44. The summed E-state index contributed by atoms with van der Waals surface area (Å²) in [6, 6.07) is 7.35. The van der Waals surface area contributed by atoms with E-state index in [-0.39, 0.29) is 30.1 Å². The number of nitrogens with zero attached hydrogens (tertiary/aromatic N) is 5. The molecule has 130 valence electrons. The third kappa shape index (κ3) is 2.23. The summed E-state index contributed by atoms with van der Waals surface area (Å²) in [5.41, 5.74) is 2.54. The zero-order valence-electron chi connectivity index (χ0n) is 14.1. The van der Waals surface area contributed by atoms with E-state index in [1.807, 2.05) is 17.2 Å². The molecule has 2 aliphatic heterocycles. The summed E-state index contributed by atoms with van der Waals surface area (Å²) in [5, 5.41) is 0.531. The molecule has 26 heavy (non-hydrogen) atoms. The fraction of sp³-hybridized carbons (Fsp3) is 0.316. The molecular formula is C19H17N5O2. The van der Waals surface area contributed by atoms with Crippen LogP contribution in [0.4, 0.5) is 0 Å². The van der Waals surface area contributed by atoms with E-state index in [9.17, 15) is 9.59 Å². The van der Waals surface area contributed by atoms with E-state index in [0.717, 1.165) is 30.5 Å². The van der Waals surface area contributed by atoms with Gasteiger partial charge in [-0.2, -0.15) is 0 Å². The lowest BCUT2D eigenvalue weighted by Gasteiger charge is -2.35. The van der Waals surface area contributed by atoms with Gasteiger partial charge in [-0.3, -0.25) is 14.2 Å². The minimum absolute atomic E-state index is 0.00664. The van der Waals surface area contributed by atoms with Crippen LogP contribution in [-0.2, 0) is 17.8 Å². The largest absolute Gasteiger partial charge is 0.331 e. The van der Waals surface area contributed by atoms with Crippen molar-refractivity contribution in [1.82, 2.24) is 24.4 Å². The highest BCUT2D eigenvalue weighted by Gasteiger charge is 2.43. The minimum atomic E-state index is -0.183. The number of carbonyl (C=O) groups is 1. The Morgan fingerprint density at radius 1 is 1.19 bits per heavy atom. The maximum Gasteiger partial charge on any atom is 0.261 e. The molecule has 4 heterocycles. The molecule has 1 amide bonds. The Labute approximate surface area is 149 Å². The van der Waals surface area contributed by atoms with Crippen LogP contribution < -0.4 is 5.56 Å². The molecule has 2 aliphatic rings. The molecule has 1 saturated heterocycles. The summed E-state index contributed by atoms with van der Waals surface area (Å²) >= 11 is 0. The van der Waals surface area contributed by atoms with Gasteiger partial charge in [-0.15, -0.1) is 0 Å². The van der Waals surface area contributed by atoms with Crippen LogP contribution in [0, 0.1) is 0 Å². The van der Waals surface area contributed by atoms with Crippen LogP contribution in [0.3, 0.4) is 0 Å². The van der Waals surface area contributed by atoms with Crippen LogP contribution in [0.1, 0.15) is 30.1 Å². The molecule has 2 atom stereocenters. The van der Waals surface area contributed by atoms with Gasteiger partial charge in [0, 0.05) is 24.2 Å². The Balaban J connectivity index is 1.47. The average Bonchev–Trinajstić information content (AvgIpc) is 2.99. The summed E-state index contributed by atoms with van der Waals surface area (Å²) in [4.78, 5) is 40.4. The molecule has 7 heteroatoms. The number of hydrogen-bond acceptors (Lipinski definition) is 5. The number of rotatable bonds is 2. The van der Waals surface area contributed by atoms with Gasteiger partial charge in [-0.1, -0.05) is 12.1 Å². The van der Waals surface area contributed by atoms with Gasteiger partial charge in [0.2, 0.25) is 5.91 Å². The second-order valence-corrected chi connectivity index (χ2v) is 6.87. The fourth-order valence-electron chi connectivity index (χ4n) is 4.25. The van der Waals surface area contributed by atoms with E-state index in [1.54, 1.807) is 24.5 Å². The highest BCUT2D eigenvalue weighted by atomic mass is 16.2. The third-order valence-electron chi connectivity index (χ3n) is 5.44. The van der Waals surface area contributed by atoms with Gasteiger partial charge in [-0.25, -0.2) is 15.0 Å². The van der Waals surface area contributed by atoms with E-state index in [2.05, 4.69) is 15.0 Å². The number of aromatic nitrogens is 4. The second kappa shape index (κ2) is 5.72. The van der Waals surface area contributed by atoms with Crippen LogP contribution in [0.25, 0.3) is 10.9 Å². The zero-order chi connectivity index (χ0) is 17.7. The van der Waals surface area contributed by atoms with Crippen molar-refractivity contribution in [2.24, 2.45) is 0 Å². The van der Waals surface area contributed by atoms with Crippen LogP contribution in [-0.4, -0.2) is 36.4 Å². The smallest absolute Gasteiger partial charge is 0.261 e. The number of amides is 1.